The van der Waals surface area contributed by atoms with Crippen molar-refractivity contribution in [3.63, 3.8) is 0 Å². The summed E-state index contributed by atoms with van der Waals surface area (Å²) in [5, 5.41) is 9.84. The summed E-state index contributed by atoms with van der Waals surface area (Å²) in [5.74, 6) is -0.711. The molecule has 0 unspecified atom stereocenters. The summed E-state index contributed by atoms with van der Waals surface area (Å²) in [6, 6.07) is 3.02. The third kappa shape index (κ3) is 3.79. The van der Waals surface area contributed by atoms with Crippen molar-refractivity contribution in [2.75, 3.05) is 21.2 Å². The quantitative estimate of drug-likeness (QED) is 0.496. The zero-order chi connectivity index (χ0) is 14.6. The average Bonchev–Trinajstić information content (AvgIpc) is 2.33. The number of esters is 1. The van der Waals surface area contributed by atoms with Crippen LogP contribution in [0.15, 0.2) is 12.1 Å². The highest BCUT2D eigenvalue weighted by atomic mass is 16.5. The Hall–Kier alpha value is -1.88. The number of nitrogens with zero attached hydrogens (tertiary/aromatic N) is 1. The molecule has 1 aromatic rings. The topological polar surface area (TPSA) is 66.8 Å². The van der Waals surface area contributed by atoms with Gasteiger partial charge in [-0.1, -0.05) is 0 Å². The van der Waals surface area contributed by atoms with E-state index in [1.54, 1.807) is 6.92 Å². The molecule has 19 heavy (non-hydrogen) atoms. The van der Waals surface area contributed by atoms with Gasteiger partial charge in [0.2, 0.25) is 0 Å². The fourth-order valence-electron chi connectivity index (χ4n) is 1.86. The van der Waals surface area contributed by atoms with E-state index in [0.29, 0.717) is 23.2 Å². The molecule has 0 saturated heterocycles. The highest BCUT2D eigenvalue weighted by Gasteiger charge is 2.18. The van der Waals surface area contributed by atoms with Crippen molar-refractivity contribution >= 4 is 11.8 Å². The van der Waals surface area contributed by atoms with Crippen molar-refractivity contribution in [2.45, 2.75) is 19.9 Å². The minimum atomic E-state index is -0.563. The molecule has 1 aromatic carbocycles. The lowest BCUT2D eigenvalue weighted by molar-refractivity contribution is -0.139. The van der Waals surface area contributed by atoms with Gasteiger partial charge in [-0.3, -0.25) is 9.59 Å². The Bertz CT molecular complexity index is 494. The standard InChI is InChI=1S/C14H19NO4/c1-9-10(13(17)7-14(18)19-4)5-6-12(16)11(9)8-15(2)3/h5-6,16H,7-8H2,1-4H3. The van der Waals surface area contributed by atoms with Crippen LogP contribution in [0.4, 0.5) is 0 Å². The molecule has 1 rings (SSSR count). The lowest BCUT2D eigenvalue weighted by atomic mass is 9.97. The lowest BCUT2D eigenvalue weighted by Crippen LogP contribution is -2.15. The van der Waals surface area contributed by atoms with E-state index >= 15 is 0 Å². The minimum absolute atomic E-state index is 0.154. The second kappa shape index (κ2) is 6.33. The van der Waals surface area contributed by atoms with Gasteiger partial charge in [-0.05, 0) is 38.7 Å². The predicted octanol–water partition coefficient (Wildman–Crippen LogP) is 1.51. The normalized spacial score (nSPS) is 10.6. The van der Waals surface area contributed by atoms with Crippen LogP contribution in [0.2, 0.25) is 0 Å². The van der Waals surface area contributed by atoms with Crippen LogP contribution in [0.25, 0.3) is 0 Å². The average molecular weight is 265 g/mol. The van der Waals surface area contributed by atoms with Gasteiger partial charge in [-0.25, -0.2) is 0 Å². The molecule has 104 valence electrons. The summed E-state index contributed by atoms with van der Waals surface area (Å²) in [7, 11) is 5.00. The molecule has 0 bridgehead atoms. The van der Waals surface area contributed by atoms with Gasteiger partial charge in [0, 0.05) is 17.7 Å². The molecule has 0 atom stereocenters. The summed E-state index contributed by atoms with van der Waals surface area (Å²) in [4.78, 5) is 25.0. The molecule has 0 spiro atoms. The lowest BCUT2D eigenvalue weighted by Gasteiger charge is -2.16. The number of phenolic OH excluding ortho intramolecular Hbond substituents is 1. The Morgan fingerprint density at radius 3 is 2.47 bits per heavy atom. The molecule has 5 nitrogen and oxygen atoms in total. The highest BCUT2D eigenvalue weighted by Crippen LogP contribution is 2.26. The van der Waals surface area contributed by atoms with Crippen molar-refractivity contribution in [1.29, 1.82) is 0 Å². The van der Waals surface area contributed by atoms with E-state index in [9.17, 15) is 14.7 Å². The molecule has 0 heterocycles. The molecule has 0 radical (unpaired) electrons. The maximum atomic E-state index is 12.0. The molecule has 0 aliphatic rings. The molecule has 0 saturated carbocycles. The SMILES string of the molecule is COC(=O)CC(=O)c1ccc(O)c(CN(C)C)c1C. The number of ketones is 1. The van der Waals surface area contributed by atoms with Gasteiger partial charge in [0.05, 0.1) is 7.11 Å². The number of hydrogen-bond acceptors (Lipinski definition) is 5. The highest BCUT2D eigenvalue weighted by molar-refractivity contribution is 6.07. The first-order valence-electron chi connectivity index (χ1n) is 5.93. The Balaban J connectivity index is 3.09. The summed E-state index contributed by atoms with van der Waals surface area (Å²) in [6.07, 6.45) is -0.288. The predicted molar refractivity (Wildman–Crippen MR) is 71.2 cm³/mol. The summed E-state index contributed by atoms with van der Waals surface area (Å²) in [5.41, 5.74) is 1.84. The van der Waals surface area contributed by atoms with Crippen LogP contribution in [0.5, 0.6) is 5.75 Å². The van der Waals surface area contributed by atoms with Gasteiger partial charge in [-0.15, -0.1) is 0 Å². The van der Waals surface area contributed by atoms with Crippen LogP contribution in [0.3, 0.4) is 0 Å². The molecule has 1 N–H and O–H groups in total. The van der Waals surface area contributed by atoms with Crippen LogP contribution in [0.1, 0.15) is 27.9 Å². The first-order valence-corrected chi connectivity index (χ1v) is 5.93. The molecule has 5 heteroatoms. The molecule has 0 aromatic heterocycles. The van der Waals surface area contributed by atoms with Gasteiger partial charge in [0.25, 0.3) is 0 Å². The number of Topliss-reactive ketones (excluding diaryl/α,β-unsaturated/α-hetero) is 1. The summed E-state index contributed by atoms with van der Waals surface area (Å²) >= 11 is 0. The fourth-order valence-corrected chi connectivity index (χ4v) is 1.86. The van der Waals surface area contributed by atoms with Crippen LogP contribution in [-0.4, -0.2) is 43.0 Å². The van der Waals surface area contributed by atoms with E-state index < -0.39 is 5.97 Å². The number of benzene rings is 1. The second-order valence-corrected chi connectivity index (χ2v) is 4.65. The van der Waals surface area contributed by atoms with Crippen molar-refractivity contribution in [3.05, 3.63) is 28.8 Å². The number of carbonyl (C=O) groups excluding carboxylic acids is 2. The van der Waals surface area contributed by atoms with E-state index in [2.05, 4.69) is 4.74 Å². The van der Waals surface area contributed by atoms with Gasteiger partial charge >= 0.3 is 5.97 Å². The largest absolute Gasteiger partial charge is 0.508 e. The fraction of sp³-hybridized carbons (Fsp3) is 0.429. The summed E-state index contributed by atoms with van der Waals surface area (Å²) < 4.78 is 4.48. The van der Waals surface area contributed by atoms with Crippen LogP contribution in [0, 0.1) is 6.92 Å². The Morgan fingerprint density at radius 1 is 1.32 bits per heavy atom. The molecular formula is C14H19NO4. The van der Waals surface area contributed by atoms with Gasteiger partial charge in [0.1, 0.15) is 12.2 Å². The number of ether oxygens (including phenoxy) is 1. The van der Waals surface area contributed by atoms with E-state index in [-0.39, 0.29) is 18.0 Å². The summed E-state index contributed by atoms with van der Waals surface area (Å²) in [6.45, 7) is 2.29. The number of methoxy groups -OCH3 is 1. The number of aromatic hydroxyl groups is 1. The molecular weight excluding hydrogens is 246 g/mol. The van der Waals surface area contributed by atoms with E-state index in [1.807, 2.05) is 19.0 Å². The minimum Gasteiger partial charge on any atom is -0.508 e. The zero-order valence-electron chi connectivity index (χ0n) is 11.7. The second-order valence-electron chi connectivity index (χ2n) is 4.65. The van der Waals surface area contributed by atoms with Crippen molar-refractivity contribution in [1.82, 2.24) is 4.90 Å². The maximum Gasteiger partial charge on any atom is 0.313 e. The number of phenols is 1. The van der Waals surface area contributed by atoms with Gasteiger partial charge < -0.3 is 14.7 Å². The molecule has 0 aliphatic carbocycles. The van der Waals surface area contributed by atoms with Crippen molar-refractivity contribution in [3.8, 4) is 5.75 Å². The smallest absolute Gasteiger partial charge is 0.313 e. The molecule has 0 amide bonds. The Morgan fingerprint density at radius 2 is 1.95 bits per heavy atom. The third-order valence-corrected chi connectivity index (χ3v) is 2.88. The van der Waals surface area contributed by atoms with Crippen molar-refractivity contribution in [2.24, 2.45) is 0 Å². The maximum absolute atomic E-state index is 12.0. The molecule has 0 fully saturated rings. The van der Waals surface area contributed by atoms with E-state index in [1.165, 1.54) is 19.2 Å². The number of rotatable bonds is 5. The van der Waals surface area contributed by atoms with Crippen LogP contribution < -0.4 is 0 Å². The van der Waals surface area contributed by atoms with E-state index in [4.69, 9.17) is 0 Å². The van der Waals surface area contributed by atoms with Gasteiger partial charge in [0.15, 0.2) is 5.78 Å². The van der Waals surface area contributed by atoms with Crippen LogP contribution in [-0.2, 0) is 16.1 Å². The van der Waals surface area contributed by atoms with Crippen molar-refractivity contribution < 1.29 is 19.4 Å². The Kier molecular flexibility index (Phi) is 5.06. The van der Waals surface area contributed by atoms with Crippen LogP contribution >= 0.6 is 0 Å². The van der Waals surface area contributed by atoms with E-state index in [0.717, 1.165) is 0 Å². The van der Waals surface area contributed by atoms with Gasteiger partial charge in [-0.2, -0.15) is 0 Å². The zero-order valence-corrected chi connectivity index (χ0v) is 11.7. The number of carbonyl (C=O) groups is 2. The monoisotopic (exact) mass is 265 g/mol. The third-order valence-electron chi connectivity index (χ3n) is 2.88. The Labute approximate surface area is 112 Å². The molecule has 0 aliphatic heterocycles. The first kappa shape index (κ1) is 15.2. The first-order chi connectivity index (χ1) is 8.86. The number of hydrogen-bond donors (Lipinski definition) is 1.